The van der Waals surface area contributed by atoms with Gasteiger partial charge in [0.15, 0.2) is 11.5 Å². The molecule has 0 saturated carbocycles. The van der Waals surface area contributed by atoms with Crippen LogP contribution in [0.4, 0.5) is 0 Å². The molecule has 1 atom stereocenters. The lowest BCUT2D eigenvalue weighted by Gasteiger charge is -2.22. The average molecular weight is 208 g/mol. The van der Waals surface area contributed by atoms with Crippen LogP contribution in [0.1, 0.15) is 19.3 Å². The van der Waals surface area contributed by atoms with Gasteiger partial charge in [0.1, 0.15) is 6.61 Å². The van der Waals surface area contributed by atoms with Crippen LogP contribution in [0.15, 0.2) is 24.3 Å². The van der Waals surface area contributed by atoms with E-state index in [0.29, 0.717) is 12.4 Å². The molecule has 3 heteroatoms. The molecule has 0 spiro atoms. The van der Waals surface area contributed by atoms with Gasteiger partial charge in [-0.25, -0.2) is 0 Å². The van der Waals surface area contributed by atoms with E-state index < -0.39 is 0 Å². The van der Waals surface area contributed by atoms with Crippen LogP contribution in [-0.4, -0.2) is 24.4 Å². The third-order valence-electron chi connectivity index (χ3n) is 2.56. The molecule has 82 valence electrons. The maximum atomic E-state index is 9.47. The van der Waals surface area contributed by atoms with Gasteiger partial charge in [-0.05, 0) is 31.4 Å². The Balaban J connectivity index is 1.84. The molecule has 0 aliphatic carbocycles. The van der Waals surface area contributed by atoms with Crippen LogP contribution in [0.25, 0.3) is 0 Å². The van der Waals surface area contributed by atoms with E-state index in [9.17, 15) is 5.11 Å². The summed E-state index contributed by atoms with van der Waals surface area (Å²) in [6, 6.07) is 7.01. The number of benzene rings is 1. The Bertz CT molecular complexity index is 305. The first-order chi connectivity index (χ1) is 7.36. The highest BCUT2D eigenvalue weighted by Crippen LogP contribution is 2.25. The van der Waals surface area contributed by atoms with Crippen LogP contribution >= 0.6 is 0 Å². The summed E-state index contributed by atoms with van der Waals surface area (Å²) in [6.45, 7) is 1.35. The maximum Gasteiger partial charge on any atom is 0.161 e. The molecule has 1 unspecified atom stereocenters. The van der Waals surface area contributed by atoms with Gasteiger partial charge >= 0.3 is 0 Å². The lowest BCUT2D eigenvalue weighted by Crippen LogP contribution is -2.25. The summed E-state index contributed by atoms with van der Waals surface area (Å²) in [5.74, 6) is 0.722. The molecule has 1 aromatic rings. The number of phenols is 1. The fourth-order valence-corrected chi connectivity index (χ4v) is 1.70. The number of hydrogen-bond acceptors (Lipinski definition) is 3. The lowest BCUT2D eigenvalue weighted by atomic mass is 10.1. The van der Waals surface area contributed by atoms with Crippen LogP contribution in [0.5, 0.6) is 11.5 Å². The summed E-state index contributed by atoms with van der Waals surface area (Å²) in [6.07, 6.45) is 3.58. The van der Waals surface area contributed by atoms with E-state index in [4.69, 9.17) is 9.47 Å². The van der Waals surface area contributed by atoms with Crippen LogP contribution in [0.2, 0.25) is 0 Å². The first-order valence-corrected chi connectivity index (χ1v) is 5.38. The number of aromatic hydroxyl groups is 1. The number of ether oxygens (including phenoxy) is 2. The topological polar surface area (TPSA) is 38.7 Å². The van der Waals surface area contributed by atoms with E-state index in [1.54, 1.807) is 18.2 Å². The second-order valence-electron chi connectivity index (χ2n) is 3.77. The molecule has 3 nitrogen and oxygen atoms in total. The van der Waals surface area contributed by atoms with E-state index in [2.05, 4.69) is 0 Å². The van der Waals surface area contributed by atoms with Gasteiger partial charge in [0, 0.05) is 6.61 Å². The third-order valence-corrected chi connectivity index (χ3v) is 2.56. The van der Waals surface area contributed by atoms with Gasteiger partial charge in [-0.15, -0.1) is 0 Å². The summed E-state index contributed by atoms with van der Waals surface area (Å²) >= 11 is 0. The SMILES string of the molecule is Oc1ccccc1OCC1CCCCO1. The van der Waals surface area contributed by atoms with Crippen LogP contribution in [-0.2, 0) is 4.74 Å². The highest BCUT2D eigenvalue weighted by atomic mass is 16.5. The molecule has 0 bridgehead atoms. The van der Waals surface area contributed by atoms with Crippen molar-refractivity contribution in [1.29, 1.82) is 0 Å². The standard InChI is InChI=1S/C12H16O3/c13-11-6-1-2-7-12(11)15-9-10-5-3-4-8-14-10/h1-2,6-7,10,13H,3-5,8-9H2. The summed E-state index contributed by atoms with van der Waals surface area (Å²) in [4.78, 5) is 0. The fraction of sp³-hybridized carbons (Fsp3) is 0.500. The number of hydrogen-bond donors (Lipinski definition) is 1. The van der Waals surface area contributed by atoms with Gasteiger partial charge < -0.3 is 14.6 Å². The molecule has 1 aromatic carbocycles. The first kappa shape index (κ1) is 10.3. The normalized spacial score (nSPS) is 21.2. The van der Waals surface area contributed by atoms with E-state index in [0.717, 1.165) is 19.4 Å². The third kappa shape index (κ3) is 2.86. The Labute approximate surface area is 89.6 Å². The Morgan fingerprint density at radius 2 is 2.20 bits per heavy atom. The van der Waals surface area contributed by atoms with Crippen molar-refractivity contribution in [3.8, 4) is 11.5 Å². The van der Waals surface area contributed by atoms with Gasteiger partial charge in [0.25, 0.3) is 0 Å². The molecule has 0 aromatic heterocycles. The first-order valence-electron chi connectivity index (χ1n) is 5.38. The largest absolute Gasteiger partial charge is 0.504 e. The monoisotopic (exact) mass is 208 g/mol. The molecule has 1 aliphatic heterocycles. The zero-order valence-corrected chi connectivity index (χ0v) is 8.69. The molecule has 15 heavy (non-hydrogen) atoms. The molecule has 1 aliphatic rings. The van der Waals surface area contributed by atoms with Crippen LogP contribution in [0.3, 0.4) is 0 Å². The Kier molecular flexibility index (Phi) is 3.45. The van der Waals surface area contributed by atoms with Crippen molar-refractivity contribution in [2.24, 2.45) is 0 Å². The summed E-state index contributed by atoms with van der Waals surface area (Å²) in [5.41, 5.74) is 0. The zero-order chi connectivity index (χ0) is 10.5. The van der Waals surface area contributed by atoms with Gasteiger partial charge in [-0.1, -0.05) is 12.1 Å². The van der Waals surface area contributed by atoms with E-state index in [1.165, 1.54) is 6.42 Å². The minimum atomic E-state index is 0.179. The quantitative estimate of drug-likeness (QED) is 0.828. The summed E-state index contributed by atoms with van der Waals surface area (Å²) in [7, 11) is 0. The molecule has 0 radical (unpaired) electrons. The molecular formula is C12H16O3. The highest BCUT2D eigenvalue weighted by Gasteiger charge is 2.14. The van der Waals surface area contributed by atoms with Crippen molar-refractivity contribution in [1.82, 2.24) is 0 Å². The summed E-state index contributed by atoms with van der Waals surface area (Å²) in [5, 5.41) is 9.47. The van der Waals surface area contributed by atoms with E-state index >= 15 is 0 Å². The molecule has 1 N–H and O–H groups in total. The predicted octanol–water partition coefficient (Wildman–Crippen LogP) is 2.34. The minimum absolute atomic E-state index is 0.179. The second-order valence-corrected chi connectivity index (χ2v) is 3.77. The van der Waals surface area contributed by atoms with Gasteiger partial charge in [-0.2, -0.15) is 0 Å². The second kappa shape index (κ2) is 5.03. The van der Waals surface area contributed by atoms with Crippen LogP contribution in [0, 0.1) is 0 Å². The van der Waals surface area contributed by atoms with Crippen LogP contribution < -0.4 is 4.74 Å². The van der Waals surface area contributed by atoms with E-state index in [1.807, 2.05) is 6.07 Å². The highest BCUT2D eigenvalue weighted by molar-refractivity contribution is 5.37. The Hall–Kier alpha value is -1.22. The number of para-hydroxylation sites is 2. The fourth-order valence-electron chi connectivity index (χ4n) is 1.70. The molecule has 0 amide bonds. The average Bonchev–Trinajstić information content (AvgIpc) is 2.29. The van der Waals surface area contributed by atoms with Crippen molar-refractivity contribution in [2.75, 3.05) is 13.2 Å². The Morgan fingerprint density at radius 1 is 1.33 bits per heavy atom. The van der Waals surface area contributed by atoms with Gasteiger partial charge in [-0.3, -0.25) is 0 Å². The maximum absolute atomic E-state index is 9.47. The minimum Gasteiger partial charge on any atom is -0.504 e. The molecule has 1 saturated heterocycles. The molecular weight excluding hydrogens is 192 g/mol. The van der Waals surface area contributed by atoms with Crippen molar-refractivity contribution in [2.45, 2.75) is 25.4 Å². The van der Waals surface area contributed by atoms with Crippen molar-refractivity contribution >= 4 is 0 Å². The smallest absolute Gasteiger partial charge is 0.161 e. The van der Waals surface area contributed by atoms with Crippen molar-refractivity contribution < 1.29 is 14.6 Å². The zero-order valence-electron chi connectivity index (χ0n) is 8.69. The van der Waals surface area contributed by atoms with E-state index in [-0.39, 0.29) is 11.9 Å². The lowest BCUT2D eigenvalue weighted by molar-refractivity contribution is -0.0114. The molecule has 1 fully saturated rings. The van der Waals surface area contributed by atoms with Gasteiger partial charge in [0.05, 0.1) is 6.10 Å². The number of phenolic OH excluding ortho intramolecular Hbond substituents is 1. The predicted molar refractivity (Wildman–Crippen MR) is 57.2 cm³/mol. The van der Waals surface area contributed by atoms with Crippen molar-refractivity contribution in [3.63, 3.8) is 0 Å². The number of rotatable bonds is 3. The van der Waals surface area contributed by atoms with Gasteiger partial charge in [0.2, 0.25) is 0 Å². The molecule has 2 rings (SSSR count). The molecule has 1 heterocycles. The summed E-state index contributed by atoms with van der Waals surface area (Å²) < 4.78 is 11.0. The Morgan fingerprint density at radius 3 is 2.93 bits per heavy atom. The van der Waals surface area contributed by atoms with Crippen molar-refractivity contribution in [3.05, 3.63) is 24.3 Å².